The van der Waals surface area contributed by atoms with Crippen LogP contribution in [0.5, 0.6) is 0 Å². The van der Waals surface area contributed by atoms with E-state index in [-0.39, 0.29) is 11.7 Å². The van der Waals surface area contributed by atoms with Crippen LogP contribution >= 0.6 is 11.3 Å². The Hall–Kier alpha value is -2.02. The number of anilines is 1. The van der Waals surface area contributed by atoms with Crippen LogP contribution in [0, 0.1) is 6.92 Å². The summed E-state index contributed by atoms with van der Waals surface area (Å²) in [7, 11) is 0. The van der Waals surface area contributed by atoms with E-state index in [1.54, 1.807) is 0 Å². The molecule has 2 aromatic rings. The SMILES string of the molecule is CCC(CC)c1nnc(NC(=O)c2[nH]c3c(c2C)C(=O)CCC3)s1. The van der Waals surface area contributed by atoms with Gasteiger partial charge in [-0.15, -0.1) is 10.2 Å². The number of aryl methyl sites for hydroxylation is 1. The van der Waals surface area contributed by atoms with Crippen molar-refractivity contribution in [3.8, 4) is 0 Å². The van der Waals surface area contributed by atoms with Gasteiger partial charge in [0.1, 0.15) is 10.7 Å². The van der Waals surface area contributed by atoms with Crippen LogP contribution in [-0.4, -0.2) is 26.9 Å². The smallest absolute Gasteiger partial charge is 0.274 e. The molecule has 0 fully saturated rings. The molecule has 3 rings (SSSR count). The molecule has 0 saturated heterocycles. The number of aromatic amines is 1. The van der Waals surface area contributed by atoms with Crippen LogP contribution in [0.15, 0.2) is 0 Å². The molecule has 1 amide bonds. The Morgan fingerprint density at radius 1 is 1.29 bits per heavy atom. The summed E-state index contributed by atoms with van der Waals surface area (Å²) in [5.41, 5.74) is 2.76. The summed E-state index contributed by atoms with van der Waals surface area (Å²) < 4.78 is 0. The van der Waals surface area contributed by atoms with Gasteiger partial charge >= 0.3 is 0 Å². The first-order chi connectivity index (χ1) is 11.5. The average molecular weight is 346 g/mol. The minimum absolute atomic E-state index is 0.121. The summed E-state index contributed by atoms with van der Waals surface area (Å²) in [6.07, 6.45) is 4.21. The number of Topliss-reactive ketones (excluding diaryl/α,β-unsaturated/α-hetero) is 1. The maximum Gasteiger partial charge on any atom is 0.274 e. The summed E-state index contributed by atoms with van der Waals surface area (Å²) >= 11 is 1.42. The number of carbonyl (C=O) groups is 2. The molecule has 0 atom stereocenters. The molecule has 1 aliphatic carbocycles. The number of amides is 1. The predicted octanol–water partition coefficient (Wildman–Crippen LogP) is 3.85. The molecule has 2 N–H and O–H groups in total. The fourth-order valence-electron chi connectivity index (χ4n) is 3.25. The third-order valence-electron chi connectivity index (χ3n) is 4.66. The number of aromatic nitrogens is 3. The number of ketones is 1. The Labute approximate surface area is 145 Å². The highest BCUT2D eigenvalue weighted by atomic mass is 32.1. The molecule has 2 heterocycles. The van der Waals surface area contributed by atoms with Crippen LogP contribution in [-0.2, 0) is 6.42 Å². The predicted molar refractivity (Wildman–Crippen MR) is 94.0 cm³/mol. The Bertz CT molecular complexity index is 774. The summed E-state index contributed by atoms with van der Waals surface area (Å²) in [6.45, 7) is 6.07. The third-order valence-corrected chi connectivity index (χ3v) is 5.66. The maximum atomic E-state index is 12.6. The monoisotopic (exact) mass is 346 g/mol. The Balaban J connectivity index is 1.80. The molecule has 24 heavy (non-hydrogen) atoms. The van der Waals surface area contributed by atoms with Crippen LogP contribution < -0.4 is 5.32 Å². The lowest BCUT2D eigenvalue weighted by Crippen LogP contribution is -2.13. The molecule has 2 aromatic heterocycles. The highest BCUT2D eigenvalue weighted by Gasteiger charge is 2.26. The largest absolute Gasteiger partial charge is 0.354 e. The van der Waals surface area contributed by atoms with Gasteiger partial charge in [0.05, 0.1) is 0 Å². The van der Waals surface area contributed by atoms with Crippen LogP contribution in [0.2, 0.25) is 0 Å². The van der Waals surface area contributed by atoms with Gasteiger partial charge in [-0.25, -0.2) is 0 Å². The standard InChI is InChI=1S/C17H22N4O2S/c1-4-10(5-2)16-20-21-17(24-16)19-15(23)14-9(3)13-11(18-14)7-6-8-12(13)22/h10,18H,4-8H2,1-3H3,(H,19,21,23). The van der Waals surface area contributed by atoms with E-state index in [0.717, 1.165) is 41.9 Å². The zero-order valence-corrected chi connectivity index (χ0v) is 15.0. The van der Waals surface area contributed by atoms with Crippen molar-refractivity contribution in [3.05, 3.63) is 27.5 Å². The Morgan fingerprint density at radius 2 is 2.04 bits per heavy atom. The van der Waals surface area contributed by atoms with E-state index in [1.165, 1.54) is 11.3 Å². The molecule has 0 bridgehead atoms. The van der Waals surface area contributed by atoms with Crippen LogP contribution in [0.1, 0.15) is 82.6 Å². The zero-order valence-electron chi connectivity index (χ0n) is 14.2. The minimum atomic E-state index is -0.262. The van der Waals surface area contributed by atoms with Crippen molar-refractivity contribution in [2.45, 2.75) is 58.8 Å². The lowest BCUT2D eigenvalue weighted by atomic mass is 9.94. The van der Waals surface area contributed by atoms with E-state index >= 15 is 0 Å². The Kier molecular flexibility index (Phi) is 4.80. The molecule has 7 heteroatoms. The van der Waals surface area contributed by atoms with E-state index in [4.69, 9.17) is 0 Å². The van der Waals surface area contributed by atoms with Gasteiger partial charge in [0, 0.05) is 23.6 Å². The molecule has 128 valence electrons. The van der Waals surface area contributed by atoms with E-state index < -0.39 is 0 Å². The highest BCUT2D eigenvalue weighted by molar-refractivity contribution is 7.15. The highest BCUT2D eigenvalue weighted by Crippen LogP contribution is 2.30. The fraction of sp³-hybridized carbons (Fsp3) is 0.529. The van der Waals surface area contributed by atoms with Crippen molar-refractivity contribution in [2.24, 2.45) is 0 Å². The van der Waals surface area contributed by atoms with Crippen molar-refractivity contribution in [2.75, 3.05) is 5.32 Å². The van der Waals surface area contributed by atoms with Crippen molar-refractivity contribution in [1.29, 1.82) is 0 Å². The molecule has 6 nitrogen and oxygen atoms in total. The summed E-state index contributed by atoms with van der Waals surface area (Å²) in [4.78, 5) is 27.8. The first-order valence-electron chi connectivity index (χ1n) is 8.44. The molecule has 0 aliphatic heterocycles. The van der Waals surface area contributed by atoms with Gasteiger partial charge in [-0.1, -0.05) is 25.2 Å². The van der Waals surface area contributed by atoms with Crippen molar-refractivity contribution >= 4 is 28.2 Å². The second kappa shape index (κ2) is 6.84. The van der Waals surface area contributed by atoms with Gasteiger partial charge in [-0.3, -0.25) is 14.9 Å². The molecule has 0 saturated carbocycles. The van der Waals surface area contributed by atoms with E-state index in [9.17, 15) is 9.59 Å². The first kappa shape index (κ1) is 16.8. The van der Waals surface area contributed by atoms with E-state index in [2.05, 4.69) is 34.3 Å². The lowest BCUT2D eigenvalue weighted by Gasteiger charge is -2.09. The number of nitrogens with one attached hydrogen (secondary N) is 2. The van der Waals surface area contributed by atoms with Gasteiger partial charge in [0.25, 0.3) is 5.91 Å². The van der Waals surface area contributed by atoms with Gasteiger partial charge in [0.15, 0.2) is 5.78 Å². The van der Waals surface area contributed by atoms with Gasteiger partial charge in [-0.05, 0) is 38.2 Å². The average Bonchev–Trinajstić information content (AvgIpc) is 3.14. The van der Waals surface area contributed by atoms with Crippen molar-refractivity contribution in [3.63, 3.8) is 0 Å². The maximum absolute atomic E-state index is 12.6. The third kappa shape index (κ3) is 3.00. The second-order valence-electron chi connectivity index (χ2n) is 6.17. The number of H-pyrrole nitrogens is 1. The number of fused-ring (bicyclic) bond motifs is 1. The minimum Gasteiger partial charge on any atom is -0.354 e. The van der Waals surface area contributed by atoms with Crippen LogP contribution in [0.3, 0.4) is 0 Å². The number of carbonyl (C=O) groups excluding carboxylic acids is 2. The van der Waals surface area contributed by atoms with Crippen molar-refractivity contribution in [1.82, 2.24) is 15.2 Å². The quantitative estimate of drug-likeness (QED) is 0.861. The Morgan fingerprint density at radius 3 is 2.71 bits per heavy atom. The zero-order chi connectivity index (χ0) is 17.3. The molecule has 0 unspecified atom stereocenters. The topological polar surface area (TPSA) is 87.7 Å². The van der Waals surface area contributed by atoms with Crippen LogP contribution in [0.4, 0.5) is 5.13 Å². The summed E-state index contributed by atoms with van der Waals surface area (Å²) in [5.74, 6) is 0.239. The van der Waals surface area contributed by atoms with E-state index in [1.807, 2.05) is 6.92 Å². The van der Waals surface area contributed by atoms with Gasteiger partial charge in [-0.2, -0.15) is 0 Å². The molecule has 0 spiro atoms. The van der Waals surface area contributed by atoms with Gasteiger partial charge < -0.3 is 4.98 Å². The number of hydrogen-bond donors (Lipinski definition) is 2. The summed E-state index contributed by atoms with van der Waals surface area (Å²) in [5, 5.41) is 12.5. The molecule has 1 aliphatic rings. The second-order valence-corrected chi connectivity index (χ2v) is 7.18. The van der Waals surface area contributed by atoms with Crippen molar-refractivity contribution < 1.29 is 9.59 Å². The lowest BCUT2D eigenvalue weighted by molar-refractivity contribution is 0.0971. The van der Waals surface area contributed by atoms with E-state index in [0.29, 0.717) is 28.7 Å². The van der Waals surface area contributed by atoms with Gasteiger partial charge in [0.2, 0.25) is 5.13 Å². The summed E-state index contributed by atoms with van der Waals surface area (Å²) in [6, 6.07) is 0. The molecular formula is C17H22N4O2S. The number of rotatable bonds is 5. The molecule has 0 aromatic carbocycles. The molecule has 0 radical (unpaired) electrons. The molecular weight excluding hydrogens is 324 g/mol. The normalized spacial score (nSPS) is 14.1. The fourth-order valence-corrected chi connectivity index (χ4v) is 4.25. The van der Waals surface area contributed by atoms with Crippen LogP contribution in [0.25, 0.3) is 0 Å². The number of hydrogen-bond acceptors (Lipinski definition) is 5. The number of nitrogens with zero attached hydrogens (tertiary/aromatic N) is 2. The first-order valence-corrected chi connectivity index (χ1v) is 9.26.